The second-order valence-electron chi connectivity index (χ2n) is 5.36. The van der Waals surface area contributed by atoms with Gasteiger partial charge in [0.15, 0.2) is 0 Å². The van der Waals surface area contributed by atoms with Crippen molar-refractivity contribution in [3.05, 3.63) is 65.2 Å². The number of aromatic nitrogens is 2. The van der Waals surface area contributed by atoms with Crippen LogP contribution in [0.2, 0.25) is 0 Å². The number of rotatable bonds is 5. The standard InChI is InChI=1S/C18H18N4O2S/c1-12(13-8-4-3-5-9-13)16-21-22-18(25-16)20-17(23)19-14-10-6-7-11-15(14)24-2/h3-12H,1-2H3,(H2,19,20,22,23)/t12-/m1/s1. The summed E-state index contributed by atoms with van der Waals surface area (Å²) in [4.78, 5) is 12.2. The van der Waals surface area contributed by atoms with Gasteiger partial charge in [0.05, 0.1) is 12.8 Å². The fourth-order valence-electron chi connectivity index (χ4n) is 2.34. The number of amides is 2. The number of carbonyl (C=O) groups is 1. The maximum absolute atomic E-state index is 12.2. The van der Waals surface area contributed by atoms with Crippen LogP contribution in [-0.2, 0) is 0 Å². The SMILES string of the molecule is COc1ccccc1NC(=O)Nc1nnc([C@H](C)c2ccccc2)s1. The number of nitrogens with zero attached hydrogens (tertiary/aromatic N) is 2. The number of methoxy groups -OCH3 is 1. The van der Waals surface area contributed by atoms with Crippen molar-refractivity contribution in [2.75, 3.05) is 17.7 Å². The summed E-state index contributed by atoms with van der Waals surface area (Å²) in [6.45, 7) is 2.06. The van der Waals surface area contributed by atoms with Gasteiger partial charge < -0.3 is 10.1 Å². The first-order valence-corrected chi connectivity index (χ1v) is 8.58. The molecule has 2 aromatic carbocycles. The number of urea groups is 1. The highest BCUT2D eigenvalue weighted by Gasteiger charge is 2.15. The molecule has 1 atom stereocenters. The Kier molecular flexibility index (Phi) is 5.25. The molecule has 3 rings (SSSR count). The van der Waals surface area contributed by atoms with Crippen LogP contribution in [0.3, 0.4) is 0 Å². The van der Waals surface area contributed by atoms with Crippen molar-refractivity contribution in [3.8, 4) is 5.75 Å². The van der Waals surface area contributed by atoms with Gasteiger partial charge in [-0.2, -0.15) is 0 Å². The minimum absolute atomic E-state index is 0.117. The lowest BCUT2D eigenvalue weighted by atomic mass is 10.0. The molecule has 0 unspecified atom stereocenters. The van der Waals surface area contributed by atoms with Crippen LogP contribution in [0, 0.1) is 0 Å². The zero-order valence-electron chi connectivity index (χ0n) is 13.9. The first-order chi connectivity index (χ1) is 12.2. The van der Waals surface area contributed by atoms with Gasteiger partial charge in [-0.05, 0) is 17.7 Å². The molecular formula is C18H18N4O2S. The van der Waals surface area contributed by atoms with Gasteiger partial charge in [-0.15, -0.1) is 10.2 Å². The third-order valence-corrected chi connectivity index (χ3v) is 4.71. The maximum Gasteiger partial charge on any atom is 0.325 e. The topological polar surface area (TPSA) is 76.1 Å². The fourth-order valence-corrected chi connectivity index (χ4v) is 3.16. The molecule has 0 bridgehead atoms. The summed E-state index contributed by atoms with van der Waals surface area (Å²) in [5, 5.41) is 15.0. The van der Waals surface area contributed by atoms with E-state index in [2.05, 4.69) is 27.8 Å². The van der Waals surface area contributed by atoms with E-state index in [0.717, 1.165) is 10.6 Å². The summed E-state index contributed by atoms with van der Waals surface area (Å²) in [5.74, 6) is 0.708. The average Bonchev–Trinajstić information content (AvgIpc) is 3.10. The average molecular weight is 354 g/mol. The van der Waals surface area contributed by atoms with Crippen molar-refractivity contribution in [3.63, 3.8) is 0 Å². The molecule has 0 aliphatic carbocycles. The Labute approximate surface area is 149 Å². The predicted octanol–water partition coefficient (Wildman–Crippen LogP) is 4.34. The Bertz CT molecular complexity index is 851. The van der Waals surface area contributed by atoms with Crippen LogP contribution >= 0.6 is 11.3 Å². The Hall–Kier alpha value is -2.93. The largest absolute Gasteiger partial charge is 0.495 e. The second-order valence-corrected chi connectivity index (χ2v) is 6.37. The normalized spacial score (nSPS) is 11.6. The second kappa shape index (κ2) is 7.76. The summed E-state index contributed by atoms with van der Waals surface area (Å²) in [7, 11) is 1.56. The molecule has 25 heavy (non-hydrogen) atoms. The summed E-state index contributed by atoms with van der Waals surface area (Å²) in [6, 6.07) is 16.9. The van der Waals surface area contributed by atoms with E-state index in [-0.39, 0.29) is 11.9 Å². The molecule has 1 heterocycles. The third-order valence-electron chi connectivity index (χ3n) is 3.69. The first-order valence-electron chi connectivity index (χ1n) is 7.76. The Morgan fingerprint density at radius 1 is 1.04 bits per heavy atom. The van der Waals surface area contributed by atoms with Crippen molar-refractivity contribution in [1.29, 1.82) is 0 Å². The molecule has 1 aromatic heterocycles. The lowest BCUT2D eigenvalue weighted by molar-refractivity contribution is 0.262. The quantitative estimate of drug-likeness (QED) is 0.714. The zero-order valence-corrected chi connectivity index (χ0v) is 14.7. The number of hydrogen-bond donors (Lipinski definition) is 2. The summed E-state index contributed by atoms with van der Waals surface area (Å²) in [6.07, 6.45) is 0. The Morgan fingerprint density at radius 2 is 1.76 bits per heavy atom. The highest BCUT2D eigenvalue weighted by molar-refractivity contribution is 7.15. The van der Waals surface area contributed by atoms with Gasteiger partial charge >= 0.3 is 6.03 Å². The first kappa shape index (κ1) is 16.9. The van der Waals surface area contributed by atoms with Crippen LogP contribution in [0.25, 0.3) is 0 Å². The minimum Gasteiger partial charge on any atom is -0.495 e. The van der Waals surface area contributed by atoms with Gasteiger partial charge in [0.2, 0.25) is 5.13 Å². The number of para-hydroxylation sites is 2. The molecule has 0 radical (unpaired) electrons. The van der Waals surface area contributed by atoms with Crippen LogP contribution in [0.15, 0.2) is 54.6 Å². The van der Waals surface area contributed by atoms with Crippen LogP contribution in [0.4, 0.5) is 15.6 Å². The molecular weight excluding hydrogens is 336 g/mol. The van der Waals surface area contributed by atoms with E-state index in [0.29, 0.717) is 16.6 Å². The number of hydrogen-bond acceptors (Lipinski definition) is 5. The predicted molar refractivity (Wildman–Crippen MR) is 99.5 cm³/mol. The molecule has 2 N–H and O–H groups in total. The van der Waals surface area contributed by atoms with Crippen molar-refractivity contribution < 1.29 is 9.53 Å². The van der Waals surface area contributed by atoms with E-state index in [1.165, 1.54) is 11.3 Å². The minimum atomic E-state index is -0.389. The molecule has 0 aliphatic heterocycles. The van der Waals surface area contributed by atoms with Gasteiger partial charge in [0.1, 0.15) is 10.8 Å². The van der Waals surface area contributed by atoms with Gasteiger partial charge in [-0.25, -0.2) is 4.79 Å². The number of benzene rings is 2. The molecule has 0 saturated carbocycles. The molecule has 128 valence electrons. The van der Waals surface area contributed by atoms with E-state index >= 15 is 0 Å². The number of nitrogens with one attached hydrogen (secondary N) is 2. The number of ether oxygens (including phenoxy) is 1. The lowest BCUT2D eigenvalue weighted by Gasteiger charge is -2.09. The Balaban J connectivity index is 1.66. The highest BCUT2D eigenvalue weighted by atomic mass is 32.1. The molecule has 0 aliphatic rings. The zero-order chi connectivity index (χ0) is 17.6. The van der Waals surface area contributed by atoms with E-state index in [4.69, 9.17) is 4.74 Å². The number of anilines is 2. The summed E-state index contributed by atoms with van der Waals surface area (Å²) >= 11 is 1.36. The lowest BCUT2D eigenvalue weighted by Crippen LogP contribution is -2.19. The van der Waals surface area contributed by atoms with Gasteiger partial charge in [-0.3, -0.25) is 5.32 Å². The van der Waals surface area contributed by atoms with Crippen LogP contribution < -0.4 is 15.4 Å². The van der Waals surface area contributed by atoms with Crippen molar-refractivity contribution in [2.24, 2.45) is 0 Å². The number of carbonyl (C=O) groups excluding carboxylic acids is 1. The van der Waals surface area contributed by atoms with Gasteiger partial charge in [0.25, 0.3) is 0 Å². The molecule has 7 heteroatoms. The maximum atomic E-state index is 12.2. The van der Waals surface area contributed by atoms with E-state index in [1.54, 1.807) is 19.2 Å². The summed E-state index contributed by atoms with van der Waals surface area (Å²) < 4.78 is 5.21. The van der Waals surface area contributed by atoms with E-state index in [1.807, 2.05) is 42.5 Å². The Morgan fingerprint density at radius 3 is 2.52 bits per heavy atom. The molecule has 0 spiro atoms. The molecule has 6 nitrogen and oxygen atoms in total. The van der Waals surface area contributed by atoms with Crippen LogP contribution in [0.5, 0.6) is 5.75 Å². The van der Waals surface area contributed by atoms with Crippen molar-refractivity contribution in [1.82, 2.24) is 10.2 Å². The van der Waals surface area contributed by atoms with E-state index in [9.17, 15) is 4.79 Å². The van der Waals surface area contributed by atoms with Gasteiger partial charge in [0, 0.05) is 5.92 Å². The molecule has 0 fully saturated rings. The monoisotopic (exact) mass is 354 g/mol. The smallest absolute Gasteiger partial charge is 0.325 e. The summed E-state index contributed by atoms with van der Waals surface area (Å²) in [5.41, 5.74) is 1.74. The van der Waals surface area contributed by atoms with Crippen LogP contribution in [0.1, 0.15) is 23.4 Å². The van der Waals surface area contributed by atoms with Crippen molar-refractivity contribution >= 4 is 28.2 Å². The third kappa shape index (κ3) is 4.13. The molecule has 2 amide bonds. The molecule has 3 aromatic rings. The van der Waals surface area contributed by atoms with Gasteiger partial charge in [-0.1, -0.05) is 60.7 Å². The fraction of sp³-hybridized carbons (Fsp3) is 0.167. The van der Waals surface area contributed by atoms with E-state index < -0.39 is 0 Å². The highest BCUT2D eigenvalue weighted by Crippen LogP contribution is 2.29. The van der Waals surface area contributed by atoms with Crippen LogP contribution in [-0.4, -0.2) is 23.3 Å². The van der Waals surface area contributed by atoms with Crippen molar-refractivity contribution in [2.45, 2.75) is 12.8 Å². The molecule has 0 saturated heterocycles.